The number of rotatable bonds is 7. The van der Waals surface area contributed by atoms with E-state index in [0.717, 1.165) is 5.56 Å². The first-order valence-corrected chi connectivity index (χ1v) is 9.73. The molecule has 1 aliphatic heterocycles. The fourth-order valence-corrected chi connectivity index (χ4v) is 3.25. The quantitative estimate of drug-likeness (QED) is 0.516. The van der Waals surface area contributed by atoms with E-state index in [9.17, 15) is 24.5 Å². The van der Waals surface area contributed by atoms with Crippen LogP contribution in [0.3, 0.4) is 0 Å². The van der Waals surface area contributed by atoms with Crippen molar-refractivity contribution in [3.63, 3.8) is 0 Å². The van der Waals surface area contributed by atoms with E-state index in [1.807, 2.05) is 30.3 Å². The van der Waals surface area contributed by atoms with Gasteiger partial charge in [0.2, 0.25) is 11.8 Å². The Hall–Kier alpha value is -3.95. The first kappa shape index (κ1) is 21.8. The van der Waals surface area contributed by atoms with Crippen molar-refractivity contribution in [1.29, 1.82) is 0 Å². The van der Waals surface area contributed by atoms with Gasteiger partial charge in [0.1, 0.15) is 19.2 Å². The molecule has 0 spiro atoms. The van der Waals surface area contributed by atoms with Gasteiger partial charge >= 0.3 is 6.09 Å². The molecule has 1 heterocycles. The highest BCUT2D eigenvalue weighted by Gasteiger charge is 2.34. The molecule has 0 aliphatic carbocycles. The molecular formula is C21H22N4O6. The van der Waals surface area contributed by atoms with Crippen LogP contribution in [0.4, 0.5) is 16.2 Å². The number of anilines is 1. The summed E-state index contributed by atoms with van der Waals surface area (Å²) in [6.45, 7) is 0.206. The summed E-state index contributed by atoms with van der Waals surface area (Å²) in [5.74, 6) is -0.774. The molecule has 0 bridgehead atoms. The lowest BCUT2D eigenvalue weighted by atomic mass is 10.2. The Balaban J connectivity index is 1.48. The summed E-state index contributed by atoms with van der Waals surface area (Å²) in [5.41, 5.74) is 1.14. The number of hydrogen-bond acceptors (Lipinski definition) is 6. The molecule has 3 rings (SSSR count). The highest BCUT2D eigenvalue weighted by Crippen LogP contribution is 2.21. The minimum atomic E-state index is -0.719. The maximum Gasteiger partial charge on any atom is 0.407 e. The molecule has 2 aromatic carbocycles. The first-order chi connectivity index (χ1) is 14.9. The Morgan fingerprint density at radius 1 is 1.10 bits per heavy atom. The molecule has 1 atom stereocenters. The number of hydrogen-bond donors (Lipinski definition) is 2. The summed E-state index contributed by atoms with van der Waals surface area (Å²) in [6, 6.07) is 13.9. The number of non-ortho nitro benzene ring substituents is 1. The van der Waals surface area contributed by atoms with E-state index in [2.05, 4.69) is 10.6 Å². The molecule has 1 fully saturated rings. The lowest BCUT2D eigenvalue weighted by Crippen LogP contribution is -2.47. The molecule has 2 aromatic rings. The number of amides is 3. The molecule has 10 nitrogen and oxygen atoms in total. The van der Waals surface area contributed by atoms with Crippen LogP contribution in [0.25, 0.3) is 0 Å². The highest BCUT2D eigenvalue weighted by atomic mass is 16.6. The average Bonchev–Trinajstić information content (AvgIpc) is 3.27. The van der Waals surface area contributed by atoms with Crippen molar-refractivity contribution < 1.29 is 24.0 Å². The van der Waals surface area contributed by atoms with Crippen LogP contribution >= 0.6 is 0 Å². The molecule has 1 aliphatic rings. The molecule has 162 valence electrons. The monoisotopic (exact) mass is 426 g/mol. The number of alkyl carbamates (subject to hydrolysis) is 1. The zero-order valence-corrected chi connectivity index (χ0v) is 16.7. The maximum absolute atomic E-state index is 12.6. The van der Waals surface area contributed by atoms with Gasteiger partial charge in [-0.3, -0.25) is 19.7 Å². The zero-order valence-electron chi connectivity index (χ0n) is 16.7. The smallest absolute Gasteiger partial charge is 0.407 e. The van der Waals surface area contributed by atoms with E-state index in [-0.39, 0.29) is 24.7 Å². The third-order valence-corrected chi connectivity index (χ3v) is 4.82. The van der Waals surface area contributed by atoms with Crippen molar-refractivity contribution in [2.45, 2.75) is 25.5 Å². The SMILES string of the molecule is O=C(NCC(=O)N1CCC[C@H]1C(=O)Nc1ccc([N+](=O)[O-])cc1)OCc1ccccc1. The summed E-state index contributed by atoms with van der Waals surface area (Å²) in [5, 5.41) is 15.8. The summed E-state index contributed by atoms with van der Waals surface area (Å²) >= 11 is 0. The number of nitro benzene ring substituents is 1. The molecule has 0 aromatic heterocycles. The number of carbonyl (C=O) groups is 3. The highest BCUT2D eigenvalue weighted by molar-refractivity contribution is 5.98. The maximum atomic E-state index is 12.6. The zero-order chi connectivity index (χ0) is 22.2. The van der Waals surface area contributed by atoms with Gasteiger partial charge in [-0.25, -0.2) is 4.79 Å². The van der Waals surface area contributed by atoms with Gasteiger partial charge in [-0.05, 0) is 30.5 Å². The molecule has 0 radical (unpaired) electrons. The summed E-state index contributed by atoms with van der Waals surface area (Å²) in [4.78, 5) is 48.6. The summed E-state index contributed by atoms with van der Waals surface area (Å²) in [7, 11) is 0. The fraction of sp³-hybridized carbons (Fsp3) is 0.286. The average molecular weight is 426 g/mol. The first-order valence-electron chi connectivity index (χ1n) is 9.73. The van der Waals surface area contributed by atoms with Gasteiger partial charge in [-0.15, -0.1) is 0 Å². The van der Waals surface area contributed by atoms with Gasteiger partial charge < -0.3 is 20.3 Å². The lowest BCUT2D eigenvalue weighted by Gasteiger charge is -2.24. The Morgan fingerprint density at radius 2 is 1.81 bits per heavy atom. The number of nitrogens with one attached hydrogen (secondary N) is 2. The predicted molar refractivity (Wildman–Crippen MR) is 111 cm³/mol. The lowest BCUT2D eigenvalue weighted by molar-refractivity contribution is -0.384. The van der Waals surface area contributed by atoms with E-state index in [4.69, 9.17) is 4.74 Å². The van der Waals surface area contributed by atoms with Gasteiger partial charge in [-0.2, -0.15) is 0 Å². The third-order valence-electron chi connectivity index (χ3n) is 4.82. The normalized spacial score (nSPS) is 15.2. The largest absolute Gasteiger partial charge is 0.445 e. The van der Waals surface area contributed by atoms with Crippen LogP contribution in [-0.4, -0.2) is 46.9 Å². The van der Waals surface area contributed by atoms with Crippen LogP contribution in [0.5, 0.6) is 0 Å². The van der Waals surface area contributed by atoms with E-state index >= 15 is 0 Å². The van der Waals surface area contributed by atoms with Crippen LogP contribution in [0, 0.1) is 10.1 Å². The molecule has 0 saturated carbocycles. The van der Waals surface area contributed by atoms with Gasteiger partial charge in [0, 0.05) is 24.4 Å². The van der Waals surface area contributed by atoms with Gasteiger partial charge in [0.15, 0.2) is 0 Å². The summed E-state index contributed by atoms with van der Waals surface area (Å²) in [6.07, 6.45) is 0.425. The van der Waals surface area contributed by atoms with Crippen LogP contribution in [-0.2, 0) is 20.9 Å². The van der Waals surface area contributed by atoms with Crippen LogP contribution in [0.1, 0.15) is 18.4 Å². The molecule has 3 amide bonds. The number of nitrogens with zero attached hydrogens (tertiary/aromatic N) is 2. The second-order valence-electron chi connectivity index (χ2n) is 6.95. The Morgan fingerprint density at radius 3 is 2.48 bits per heavy atom. The molecule has 1 saturated heterocycles. The molecule has 31 heavy (non-hydrogen) atoms. The van der Waals surface area contributed by atoms with E-state index in [1.54, 1.807) is 0 Å². The molecular weight excluding hydrogens is 404 g/mol. The van der Waals surface area contributed by atoms with Crippen LogP contribution < -0.4 is 10.6 Å². The van der Waals surface area contributed by atoms with E-state index in [0.29, 0.717) is 25.1 Å². The van der Waals surface area contributed by atoms with Crippen molar-refractivity contribution in [2.24, 2.45) is 0 Å². The Bertz CT molecular complexity index is 948. The van der Waals surface area contributed by atoms with E-state index < -0.39 is 23.0 Å². The van der Waals surface area contributed by atoms with E-state index in [1.165, 1.54) is 29.2 Å². The molecule has 0 unspecified atom stereocenters. The number of likely N-dealkylation sites (tertiary alicyclic amines) is 1. The molecule has 2 N–H and O–H groups in total. The minimum absolute atomic E-state index is 0.0825. The minimum Gasteiger partial charge on any atom is -0.445 e. The Kier molecular flexibility index (Phi) is 7.15. The standard InChI is InChI=1S/C21H22N4O6/c26-19(13-22-21(28)31-14-15-5-2-1-3-6-15)24-12-4-7-18(24)20(27)23-16-8-10-17(11-9-16)25(29)30/h1-3,5-6,8-11,18H,4,7,12-14H2,(H,22,28)(H,23,27)/t18-/m0/s1. The molecule has 10 heteroatoms. The third kappa shape index (κ3) is 6.01. The topological polar surface area (TPSA) is 131 Å². The van der Waals surface area contributed by atoms with Crippen LogP contribution in [0.15, 0.2) is 54.6 Å². The Labute approximate surface area is 178 Å². The van der Waals surface area contributed by atoms with Crippen molar-refractivity contribution in [3.8, 4) is 0 Å². The van der Waals surface area contributed by atoms with Gasteiger partial charge in [-0.1, -0.05) is 30.3 Å². The number of carbonyl (C=O) groups excluding carboxylic acids is 3. The van der Waals surface area contributed by atoms with Crippen LogP contribution in [0.2, 0.25) is 0 Å². The second kappa shape index (κ2) is 10.2. The van der Waals surface area contributed by atoms with Gasteiger partial charge in [0.05, 0.1) is 4.92 Å². The van der Waals surface area contributed by atoms with Crippen molar-refractivity contribution >= 4 is 29.3 Å². The fourth-order valence-electron chi connectivity index (χ4n) is 3.25. The van der Waals surface area contributed by atoms with Crippen molar-refractivity contribution in [1.82, 2.24) is 10.2 Å². The number of ether oxygens (including phenoxy) is 1. The van der Waals surface area contributed by atoms with Gasteiger partial charge in [0.25, 0.3) is 5.69 Å². The predicted octanol–water partition coefficient (Wildman–Crippen LogP) is 2.45. The number of nitro groups is 1. The van der Waals surface area contributed by atoms with Crippen molar-refractivity contribution in [2.75, 3.05) is 18.4 Å². The van der Waals surface area contributed by atoms with Crippen molar-refractivity contribution in [3.05, 3.63) is 70.3 Å². The number of benzene rings is 2. The second-order valence-corrected chi connectivity index (χ2v) is 6.95. The summed E-state index contributed by atoms with van der Waals surface area (Å²) < 4.78 is 5.07.